The molecule has 3 N–H and O–H groups in total. The average molecular weight is 938 g/mol. The van der Waals surface area contributed by atoms with Gasteiger partial charge in [0, 0.05) is 11.1 Å². The van der Waals surface area contributed by atoms with E-state index in [1.54, 1.807) is 66.7 Å². The van der Waals surface area contributed by atoms with Crippen molar-refractivity contribution in [2.75, 3.05) is 20.3 Å². The Bertz CT molecular complexity index is 1900. The number of carbonyl (C=O) groups excluding carboxylic acids is 4. The molecule has 1 amide bonds. The Kier molecular flexibility index (Phi) is 33.1. The average Bonchev–Trinajstić information content (AvgIpc) is 3.14. The van der Waals surface area contributed by atoms with E-state index in [0.29, 0.717) is 12.0 Å². The first kappa shape index (κ1) is 70.5. The third-order valence-electron chi connectivity index (χ3n) is 7.16. The molecule has 0 saturated carbocycles. The molecule has 378 valence electrons. The Morgan fingerprint density at radius 2 is 0.896 bits per heavy atom. The second-order valence-corrected chi connectivity index (χ2v) is 22.5. The molecular weight excluding hydrogens is 851 g/mol. The number of ether oxygens (including phenoxy) is 3. The number of aliphatic hydroxyl groups is 2. The van der Waals surface area contributed by atoms with Gasteiger partial charge < -0.3 is 29.7 Å². The second kappa shape index (κ2) is 31.4. The summed E-state index contributed by atoms with van der Waals surface area (Å²) >= 11 is 0. The van der Waals surface area contributed by atoms with E-state index in [0.717, 1.165) is 5.57 Å². The maximum Gasteiger partial charge on any atom is 0.349 e. The van der Waals surface area contributed by atoms with Gasteiger partial charge in [-0.3, -0.25) is 4.79 Å². The predicted molar refractivity (Wildman–Crippen MR) is 266 cm³/mol. The van der Waals surface area contributed by atoms with Crippen LogP contribution in [0.1, 0.15) is 166 Å². The van der Waals surface area contributed by atoms with Crippen LogP contribution >= 0.6 is 0 Å². The molecule has 14 nitrogen and oxygen atoms in total. The van der Waals surface area contributed by atoms with E-state index in [-0.39, 0.29) is 69.1 Å². The molecule has 0 aromatic rings. The largest absolute Gasteiger partial charge is 0.466 e. The highest BCUT2D eigenvalue weighted by Gasteiger charge is 2.30. The first-order valence-electron chi connectivity index (χ1n) is 22.1. The number of nitriles is 4. The molecule has 0 unspecified atom stereocenters. The van der Waals surface area contributed by atoms with Crippen molar-refractivity contribution in [2.45, 2.75) is 183 Å². The Hall–Kier alpha value is -5.54. The lowest BCUT2D eigenvalue weighted by Gasteiger charge is -2.29. The van der Waals surface area contributed by atoms with Gasteiger partial charge in [0.1, 0.15) is 40.5 Å². The topological polar surface area (TPSA) is 244 Å². The molecule has 14 heteroatoms. The lowest BCUT2D eigenvalue weighted by molar-refractivity contribution is -0.149. The summed E-state index contributed by atoms with van der Waals surface area (Å²) < 4.78 is 14.6. The molecule has 0 bridgehead atoms. The molecule has 0 aromatic carbocycles. The highest BCUT2D eigenvalue weighted by molar-refractivity contribution is 5.98. The number of hydrogen-bond donors (Lipinski definition) is 3. The van der Waals surface area contributed by atoms with Crippen molar-refractivity contribution in [3.63, 3.8) is 0 Å². The molecule has 0 heterocycles. The summed E-state index contributed by atoms with van der Waals surface area (Å²) in [5, 5.41) is 55.9. The van der Waals surface area contributed by atoms with Gasteiger partial charge in [0.2, 0.25) is 0 Å². The van der Waals surface area contributed by atoms with Crippen LogP contribution in [0.4, 0.5) is 0 Å². The molecule has 0 aliphatic heterocycles. The summed E-state index contributed by atoms with van der Waals surface area (Å²) in [4.78, 5) is 45.7. The van der Waals surface area contributed by atoms with Crippen molar-refractivity contribution < 1.29 is 43.6 Å². The normalized spacial score (nSPS) is 13.0. The number of rotatable bonds is 9. The molecule has 0 aliphatic rings. The van der Waals surface area contributed by atoms with E-state index in [1.807, 2.05) is 120 Å². The Morgan fingerprint density at radius 3 is 1.13 bits per heavy atom. The van der Waals surface area contributed by atoms with Gasteiger partial charge in [0.05, 0.1) is 38.0 Å². The van der Waals surface area contributed by atoms with Crippen molar-refractivity contribution in [3.8, 4) is 24.3 Å². The zero-order chi connectivity index (χ0) is 54.6. The number of allylic oxidation sites excluding steroid dienone is 6. The summed E-state index contributed by atoms with van der Waals surface area (Å²) in [7, 11) is 1.39. The highest BCUT2D eigenvalue weighted by atomic mass is 16.6. The van der Waals surface area contributed by atoms with E-state index in [1.165, 1.54) is 7.11 Å². The van der Waals surface area contributed by atoms with E-state index >= 15 is 0 Å². The van der Waals surface area contributed by atoms with Gasteiger partial charge >= 0.3 is 17.9 Å². The number of methoxy groups -OCH3 is 1. The Labute approximate surface area is 405 Å². The van der Waals surface area contributed by atoms with Crippen LogP contribution in [-0.2, 0) is 33.4 Å². The molecule has 0 radical (unpaired) electrons. The molecule has 0 aliphatic carbocycles. The first-order valence-corrected chi connectivity index (χ1v) is 22.1. The van der Waals surface area contributed by atoms with Crippen LogP contribution in [0, 0.1) is 72.4 Å². The number of hydrogen-bond acceptors (Lipinski definition) is 13. The van der Waals surface area contributed by atoms with Crippen LogP contribution in [0.5, 0.6) is 0 Å². The molecule has 67 heavy (non-hydrogen) atoms. The van der Waals surface area contributed by atoms with Gasteiger partial charge in [0.25, 0.3) is 5.91 Å². The number of nitrogens with zero attached hydrogens (tertiary/aromatic N) is 4. The van der Waals surface area contributed by atoms with Gasteiger partial charge in [-0.1, -0.05) is 141 Å². The van der Waals surface area contributed by atoms with Crippen LogP contribution in [0.15, 0.2) is 58.2 Å². The molecule has 0 atom stereocenters. The van der Waals surface area contributed by atoms with Gasteiger partial charge in [-0.2, -0.15) is 21.0 Å². The predicted octanol–water partition coefficient (Wildman–Crippen LogP) is 10.6. The summed E-state index contributed by atoms with van der Waals surface area (Å²) in [6.45, 7) is 42.9. The molecule has 0 spiro atoms. The Morgan fingerprint density at radius 1 is 0.552 bits per heavy atom. The number of amides is 1. The standard InChI is InChI=1S/C13H22N2O3.C12H19NO2.C11H17NO2.C9H16O2.C8H13N/c1-5-13(8-16,9-17)15-11(18)10(7-14)6-12(2,3)4;1-11(2,3)7-9(8-13)10(14)15-12(4,5)6;1-8(2)14-10(13)9(7-12)6-11(3,4)5;1-7(8(10)11-5)6-9(2,3)4;1-7(6-9)5-8(2,3)4/h6,16-17H,5,8-9H2,1-4H3,(H,15,18);7H,1-6H3;6,8H,1-5H3;6H,1-5H3;5H,1-4H3/b10-6+;9-7+;9-6+;7-6+;7-5+. The van der Waals surface area contributed by atoms with Crippen LogP contribution < -0.4 is 5.32 Å². The van der Waals surface area contributed by atoms with Crippen LogP contribution in [-0.4, -0.2) is 71.6 Å². The minimum atomic E-state index is -1.08. The third-order valence-corrected chi connectivity index (χ3v) is 7.16. The first-order chi connectivity index (χ1) is 29.9. The Balaban J connectivity index is -0.000000243. The van der Waals surface area contributed by atoms with Crippen molar-refractivity contribution in [2.24, 2.45) is 27.1 Å². The summed E-state index contributed by atoms with van der Waals surface area (Å²) in [5.41, 5.74) is -0.569. The second-order valence-electron chi connectivity index (χ2n) is 22.5. The number of carbonyl (C=O) groups is 4. The van der Waals surface area contributed by atoms with E-state index in [9.17, 15) is 29.4 Å². The molecule has 0 saturated heterocycles. The fourth-order valence-electron chi connectivity index (χ4n) is 4.63. The fourth-order valence-corrected chi connectivity index (χ4v) is 4.63. The molecule has 0 aromatic heterocycles. The monoisotopic (exact) mass is 938 g/mol. The van der Waals surface area contributed by atoms with Crippen molar-refractivity contribution >= 4 is 23.8 Å². The summed E-state index contributed by atoms with van der Waals surface area (Å²) in [6.07, 6.45) is 8.86. The highest BCUT2D eigenvalue weighted by Crippen LogP contribution is 2.22. The quantitative estimate of drug-likeness (QED) is 0.0844. The SMILES string of the molecule is C/C(C#N)=C\C(C)(C)C.CC(C)(C)/C=C(\C#N)C(=O)OC(C)(C)C.CC(C)OC(=O)/C(C#N)=C/C(C)(C)C.CCC(CO)(CO)NC(=O)/C(C#N)=C/C(C)(C)C.COC(=O)/C(C)=C/C(C)(C)C. The summed E-state index contributed by atoms with van der Waals surface area (Å²) in [6, 6.07) is 7.64. The minimum absolute atomic E-state index is 0.0118. The van der Waals surface area contributed by atoms with Gasteiger partial charge in [-0.15, -0.1) is 0 Å². The lowest BCUT2D eigenvalue weighted by Crippen LogP contribution is -2.54. The lowest BCUT2D eigenvalue weighted by atomic mass is 9.92. The van der Waals surface area contributed by atoms with Crippen LogP contribution in [0.2, 0.25) is 0 Å². The number of aliphatic hydroxyl groups excluding tert-OH is 2. The van der Waals surface area contributed by atoms with E-state index in [2.05, 4.69) is 36.9 Å². The van der Waals surface area contributed by atoms with Crippen molar-refractivity contribution in [1.82, 2.24) is 5.32 Å². The maximum absolute atomic E-state index is 11.9. The van der Waals surface area contributed by atoms with E-state index < -0.39 is 29.0 Å². The van der Waals surface area contributed by atoms with Crippen LogP contribution in [0.3, 0.4) is 0 Å². The van der Waals surface area contributed by atoms with Gasteiger partial charge in [-0.25, -0.2) is 14.4 Å². The molecule has 0 rings (SSSR count). The smallest absolute Gasteiger partial charge is 0.349 e. The fraction of sp³-hybridized carbons (Fsp3) is 0.660. The zero-order valence-corrected chi connectivity index (χ0v) is 45.6. The van der Waals surface area contributed by atoms with E-state index in [4.69, 9.17) is 30.5 Å². The van der Waals surface area contributed by atoms with Crippen molar-refractivity contribution in [1.29, 1.82) is 21.0 Å². The minimum Gasteiger partial charge on any atom is -0.466 e. The van der Waals surface area contributed by atoms with Crippen molar-refractivity contribution in [3.05, 3.63) is 58.2 Å². The maximum atomic E-state index is 11.9. The molecular formula is C53H87N5O9. The zero-order valence-electron chi connectivity index (χ0n) is 45.6. The van der Waals surface area contributed by atoms with Gasteiger partial charge in [-0.05, 0) is 82.0 Å². The van der Waals surface area contributed by atoms with Gasteiger partial charge in [0.15, 0.2) is 0 Å². The number of esters is 3. The molecule has 0 fully saturated rings. The third kappa shape index (κ3) is 44.1. The van der Waals surface area contributed by atoms with Crippen LogP contribution in [0.25, 0.3) is 0 Å². The summed E-state index contributed by atoms with van der Waals surface area (Å²) in [5.74, 6) is -1.92. The number of nitrogens with one attached hydrogen (secondary N) is 1.